The third-order valence-corrected chi connectivity index (χ3v) is 5.20. The maximum absolute atomic E-state index is 12.5. The molecule has 0 saturated heterocycles. The fourth-order valence-electron chi connectivity index (χ4n) is 3.41. The Morgan fingerprint density at radius 3 is 1.64 bits per heavy atom. The minimum Gasteiger partial charge on any atom is -0.493 e. The first kappa shape index (κ1) is 28.6. The average molecular weight is 513 g/mol. The summed E-state index contributed by atoms with van der Waals surface area (Å²) in [7, 11) is 4.46. The van der Waals surface area contributed by atoms with Crippen molar-refractivity contribution in [3.63, 3.8) is 0 Å². The Labute approximate surface area is 208 Å². The van der Waals surface area contributed by atoms with Crippen LogP contribution in [0.25, 0.3) is 0 Å². The molecule has 2 rings (SSSR count). The number of carbonyl (C=O) groups is 2. The standard InChI is InChI=1S/C25H31F3N2O6/c1-33-20-15-18(16-21(34-2)22(20)35-3)24(32)30-14-8-6-4-5-7-13-29-23(31)17-9-11-19(12-10-17)36-25(26,27)28/h9-12,15-16H,4-8,13-14H2,1-3H3,(H,29,31)(H,30,32). The molecule has 0 aliphatic heterocycles. The zero-order valence-electron chi connectivity index (χ0n) is 20.5. The number of hydrogen-bond acceptors (Lipinski definition) is 6. The van der Waals surface area contributed by atoms with Gasteiger partial charge in [-0.15, -0.1) is 13.2 Å². The van der Waals surface area contributed by atoms with Crippen LogP contribution in [0.2, 0.25) is 0 Å². The molecule has 0 aliphatic carbocycles. The molecule has 11 heteroatoms. The van der Waals surface area contributed by atoms with Crippen molar-refractivity contribution >= 4 is 11.8 Å². The van der Waals surface area contributed by atoms with Gasteiger partial charge in [0.05, 0.1) is 21.3 Å². The molecule has 2 amide bonds. The molecule has 0 fully saturated rings. The third kappa shape index (κ3) is 9.20. The molecule has 2 N–H and O–H groups in total. The van der Waals surface area contributed by atoms with E-state index in [0.29, 0.717) is 35.9 Å². The number of benzene rings is 2. The first-order valence-electron chi connectivity index (χ1n) is 11.4. The smallest absolute Gasteiger partial charge is 0.493 e. The summed E-state index contributed by atoms with van der Waals surface area (Å²) in [5, 5.41) is 5.61. The van der Waals surface area contributed by atoms with Crippen LogP contribution in [0.4, 0.5) is 13.2 Å². The second-order valence-corrected chi connectivity index (χ2v) is 7.77. The van der Waals surface area contributed by atoms with E-state index in [1.54, 1.807) is 12.1 Å². The third-order valence-electron chi connectivity index (χ3n) is 5.20. The van der Waals surface area contributed by atoms with Crippen molar-refractivity contribution in [2.24, 2.45) is 0 Å². The van der Waals surface area contributed by atoms with E-state index in [-0.39, 0.29) is 23.1 Å². The molecule has 2 aromatic rings. The highest BCUT2D eigenvalue weighted by atomic mass is 19.4. The van der Waals surface area contributed by atoms with Gasteiger partial charge in [-0.3, -0.25) is 9.59 Å². The van der Waals surface area contributed by atoms with Crippen molar-refractivity contribution in [3.8, 4) is 23.0 Å². The van der Waals surface area contributed by atoms with Gasteiger partial charge in [0.15, 0.2) is 11.5 Å². The first-order chi connectivity index (χ1) is 17.2. The van der Waals surface area contributed by atoms with E-state index in [0.717, 1.165) is 44.2 Å². The molecule has 2 aromatic carbocycles. The molecule has 0 heterocycles. The minimum absolute atomic E-state index is 0.241. The Morgan fingerprint density at radius 2 is 1.19 bits per heavy atom. The number of unbranched alkanes of at least 4 members (excludes halogenated alkanes) is 4. The Kier molecular flexibility index (Phi) is 11.2. The molecule has 36 heavy (non-hydrogen) atoms. The van der Waals surface area contributed by atoms with E-state index >= 15 is 0 Å². The number of amides is 2. The van der Waals surface area contributed by atoms with Crippen molar-refractivity contribution in [2.45, 2.75) is 38.5 Å². The first-order valence-corrected chi connectivity index (χ1v) is 11.4. The zero-order valence-corrected chi connectivity index (χ0v) is 20.5. The second-order valence-electron chi connectivity index (χ2n) is 7.77. The second kappa shape index (κ2) is 14.1. The van der Waals surface area contributed by atoms with Crippen molar-refractivity contribution in [1.82, 2.24) is 10.6 Å². The highest BCUT2D eigenvalue weighted by Crippen LogP contribution is 2.38. The predicted molar refractivity (Wildman–Crippen MR) is 127 cm³/mol. The number of halogens is 3. The van der Waals surface area contributed by atoms with E-state index in [9.17, 15) is 22.8 Å². The van der Waals surface area contributed by atoms with E-state index < -0.39 is 6.36 Å². The number of alkyl halides is 3. The molecule has 0 atom stereocenters. The van der Waals surface area contributed by atoms with Gasteiger partial charge in [-0.2, -0.15) is 0 Å². The lowest BCUT2D eigenvalue weighted by Crippen LogP contribution is -2.25. The SMILES string of the molecule is COc1cc(C(=O)NCCCCCCCNC(=O)c2ccc(OC(F)(F)F)cc2)cc(OC)c1OC. The van der Waals surface area contributed by atoms with Crippen LogP contribution in [0.15, 0.2) is 36.4 Å². The van der Waals surface area contributed by atoms with Gasteiger partial charge in [0.25, 0.3) is 11.8 Å². The van der Waals surface area contributed by atoms with Crippen LogP contribution in [0.5, 0.6) is 23.0 Å². The molecule has 8 nitrogen and oxygen atoms in total. The van der Waals surface area contributed by atoms with Gasteiger partial charge in [0, 0.05) is 24.2 Å². The monoisotopic (exact) mass is 512 g/mol. The maximum Gasteiger partial charge on any atom is 0.573 e. The van der Waals surface area contributed by atoms with Crippen LogP contribution in [-0.2, 0) is 0 Å². The fourth-order valence-corrected chi connectivity index (χ4v) is 3.41. The number of methoxy groups -OCH3 is 3. The normalized spacial score (nSPS) is 10.9. The molecule has 0 spiro atoms. The number of ether oxygens (including phenoxy) is 4. The predicted octanol–water partition coefficient (Wildman–Crippen LogP) is 4.72. The molecule has 0 aromatic heterocycles. The van der Waals surface area contributed by atoms with Crippen molar-refractivity contribution in [3.05, 3.63) is 47.5 Å². The zero-order chi connectivity index (χ0) is 26.6. The van der Waals surface area contributed by atoms with Crippen molar-refractivity contribution in [2.75, 3.05) is 34.4 Å². The van der Waals surface area contributed by atoms with Crippen LogP contribution in [0.3, 0.4) is 0 Å². The van der Waals surface area contributed by atoms with Crippen LogP contribution >= 0.6 is 0 Å². The van der Waals surface area contributed by atoms with Gasteiger partial charge in [0.1, 0.15) is 5.75 Å². The van der Waals surface area contributed by atoms with Crippen molar-refractivity contribution in [1.29, 1.82) is 0 Å². The molecule has 0 aliphatic rings. The summed E-state index contributed by atoms with van der Waals surface area (Å²) in [5.41, 5.74) is 0.662. The summed E-state index contributed by atoms with van der Waals surface area (Å²) < 4.78 is 56.1. The number of nitrogens with one attached hydrogen (secondary N) is 2. The molecule has 0 saturated carbocycles. The minimum atomic E-state index is -4.77. The summed E-state index contributed by atoms with van der Waals surface area (Å²) in [5.74, 6) is 0.251. The van der Waals surface area contributed by atoms with E-state index in [1.807, 2.05) is 0 Å². The summed E-state index contributed by atoms with van der Waals surface area (Å²) >= 11 is 0. The van der Waals surface area contributed by atoms with Gasteiger partial charge in [-0.05, 0) is 49.2 Å². The molecular weight excluding hydrogens is 481 g/mol. The lowest BCUT2D eigenvalue weighted by atomic mass is 10.1. The number of hydrogen-bond donors (Lipinski definition) is 2. The summed E-state index contributed by atoms with van der Waals surface area (Å²) in [6.07, 6.45) is -0.481. The average Bonchev–Trinajstić information content (AvgIpc) is 2.85. The molecular formula is C25H31F3N2O6. The van der Waals surface area contributed by atoms with Gasteiger partial charge < -0.3 is 29.6 Å². The largest absolute Gasteiger partial charge is 0.573 e. The van der Waals surface area contributed by atoms with Gasteiger partial charge in [0.2, 0.25) is 5.75 Å². The van der Waals surface area contributed by atoms with Crippen molar-refractivity contribution < 1.29 is 41.7 Å². The Hall–Kier alpha value is -3.63. The quantitative estimate of drug-likeness (QED) is 0.356. The van der Waals surface area contributed by atoms with Crippen LogP contribution in [-0.4, -0.2) is 52.6 Å². The topological polar surface area (TPSA) is 95.1 Å². The van der Waals surface area contributed by atoms with Crippen LogP contribution < -0.4 is 29.6 Å². The summed E-state index contributed by atoms with van der Waals surface area (Å²) in [4.78, 5) is 24.5. The van der Waals surface area contributed by atoms with Crippen LogP contribution in [0.1, 0.15) is 52.8 Å². The van der Waals surface area contributed by atoms with Gasteiger partial charge in [-0.25, -0.2) is 0 Å². The summed E-state index contributed by atoms with van der Waals surface area (Å²) in [6, 6.07) is 7.95. The molecule has 0 bridgehead atoms. The molecule has 198 valence electrons. The van der Waals surface area contributed by atoms with Gasteiger partial charge >= 0.3 is 6.36 Å². The van der Waals surface area contributed by atoms with Gasteiger partial charge in [-0.1, -0.05) is 19.3 Å². The number of carbonyl (C=O) groups excluding carboxylic acids is 2. The van der Waals surface area contributed by atoms with Crippen LogP contribution in [0, 0.1) is 0 Å². The summed E-state index contributed by atoms with van der Waals surface area (Å²) in [6.45, 7) is 0.970. The van der Waals surface area contributed by atoms with E-state index in [4.69, 9.17) is 14.2 Å². The highest BCUT2D eigenvalue weighted by Gasteiger charge is 2.31. The Balaban J connectivity index is 1.61. The fraction of sp³-hybridized carbons (Fsp3) is 0.440. The lowest BCUT2D eigenvalue weighted by Gasteiger charge is -2.14. The lowest BCUT2D eigenvalue weighted by molar-refractivity contribution is -0.274. The number of rotatable bonds is 14. The Bertz CT molecular complexity index is 971. The molecule has 0 unspecified atom stereocenters. The molecule has 0 radical (unpaired) electrons. The Morgan fingerprint density at radius 1 is 0.722 bits per heavy atom. The highest BCUT2D eigenvalue weighted by molar-refractivity contribution is 5.95. The van der Waals surface area contributed by atoms with E-state index in [1.165, 1.54) is 33.5 Å². The van der Waals surface area contributed by atoms with E-state index in [2.05, 4.69) is 15.4 Å². The maximum atomic E-state index is 12.5.